The number of anilines is 1. The predicted molar refractivity (Wildman–Crippen MR) is 79.4 cm³/mol. The number of nitrogens with one attached hydrogen (secondary N) is 1. The van der Waals surface area contributed by atoms with E-state index in [0.717, 1.165) is 19.1 Å². The molecule has 0 bridgehead atoms. The van der Waals surface area contributed by atoms with Gasteiger partial charge in [0.15, 0.2) is 19.7 Å². The van der Waals surface area contributed by atoms with Crippen LogP contribution in [0.4, 0.5) is 5.69 Å². The van der Waals surface area contributed by atoms with Crippen molar-refractivity contribution in [1.29, 1.82) is 0 Å². The Morgan fingerprint density at radius 1 is 1.05 bits per heavy atom. The molecule has 0 aromatic heterocycles. The van der Waals surface area contributed by atoms with Gasteiger partial charge in [0.1, 0.15) is 0 Å². The molecular weight excluding hydrogens is 298 g/mol. The lowest BCUT2D eigenvalue weighted by Gasteiger charge is -2.22. The Hall–Kier alpha value is -1.08. The summed E-state index contributed by atoms with van der Waals surface area (Å²) in [5.41, 5.74) is 0.482. The standard InChI is InChI=1S/C13H19NO4S2/c1-19(15,16)12-8-4-3-6-10(12)14-11-7-5-9-13(11)20(2,17)18/h3-4,6,8,11,13-14H,5,7,9H2,1-2H3. The number of hydrogen-bond acceptors (Lipinski definition) is 5. The summed E-state index contributed by atoms with van der Waals surface area (Å²) in [6, 6.07) is 6.37. The zero-order valence-electron chi connectivity index (χ0n) is 11.5. The molecule has 1 aromatic rings. The van der Waals surface area contributed by atoms with Crippen LogP contribution in [-0.4, -0.2) is 40.6 Å². The van der Waals surface area contributed by atoms with Gasteiger partial charge in [-0.05, 0) is 31.4 Å². The van der Waals surface area contributed by atoms with Gasteiger partial charge in [0.25, 0.3) is 0 Å². The minimum Gasteiger partial charge on any atom is -0.380 e. The molecule has 20 heavy (non-hydrogen) atoms. The number of para-hydroxylation sites is 1. The third kappa shape index (κ3) is 3.32. The summed E-state index contributed by atoms with van der Waals surface area (Å²) in [5, 5.41) is 2.67. The van der Waals surface area contributed by atoms with Gasteiger partial charge in [-0.2, -0.15) is 0 Å². The number of rotatable bonds is 4. The maximum Gasteiger partial charge on any atom is 0.177 e. The summed E-state index contributed by atoms with van der Waals surface area (Å²) in [6.07, 6.45) is 4.57. The Bertz CT molecular complexity index is 695. The summed E-state index contributed by atoms with van der Waals surface area (Å²) in [6.45, 7) is 0. The van der Waals surface area contributed by atoms with E-state index in [1.165, 1.54) is 12.3 Å². The quantitative estimate of drug-likeness (QED) is 0.909. The average molecular weight is 317 g/mol. The molecule has 1 aliphatic rings. The topological polar surface area (TPSA) is 80.3 Å². The first-order valence-corrected chi connectivity index (χ1v) is 10.3. The number of hydrogen-bond donors (Lipinski definition) is 1. The highest BCUT2D eigenvalue weighted by Gasteiger charge is 2.35. The van der Waals surface area contributed by atoms with Crippen LogP contribution in [0.25, 0.3) is 0 Å². The van der Waals surface area contributed by atoms with Crippen molar-refractivity contribution in [2.75, 3.05) is 17.8 Å². The van der Waals surface area contributed by atoms with Crippen LogP contribution in [0.2, 0.25) is 0 Å². The van der Waals surface area contributed by atoms with E-state index in [1.54, 1.807) is 18.2 Å². The second-order valence-electron chi connectivity index (χ2n) is 5.32. The molecule has 7 heteroatoms. The first-order chi connectivity index (χ1) is 9.19. The lowest BCUT2D eigenvalue weighted by Crippen LogP contribution is -2.34. The van der Waals surface area contributed by atoms with Gasteiger partial charge in [-0.25, -0.2) is 16.8 Å². The molecule has 0 amide bonds. The molecule has 2 unspecified atom stereocenters. The van der Waals surface area contributed by atoms with E-state index < -0.39 is 24.9 Å². The Morgan fingerprint density at radius 2 is 1.70 bits per heavy atom. The molecule has 0 aliphatic heterocycles. The van der Waals surface area contributed by atoms with E-state index in [9.17, 15) is 16.8 Å². The summed E-state index contributed by atoms with van der Waals surface area (Å²) in [5.74, 6) is 0. The van der Waals surface area contributed by atoms with E-state index >= 15 is 0 Å². The Balaban J connectivity index is 2.32. The molecule has 112 valence electrons. The summed E-state index contributed by atoms with van der Waals surface area (Å²) >= 11 is 0. The molecule has 1 aromatic carbocycles. The van der Waals surface area contributed by atoms with Gasteiger partial charge in [0, 0.05) is 18.6 Å². The Labute approximate surface area is 120 Å². The van der Waals surface area contributed by atoms with Gasteiger partial charge in [-0.15, -0.1) is 0 Å². The van der Waals surface area contributed by atoms with Crippen LogP contribution in [0.15, 0.2) is 29.2 Å². The first kappa shape index (κ1) is 15.3. The van der Waals surface area contributed by atoms with Crippen molar-refractivity contribution < 1.29 is 16.8 Å². The van der Waals surface area contributed by atoms with Crippen molar-refractivity contribution in [3.05, 3.63) is 24.3 Å². The van der Waals surface area contributed by atoms with Crippen molar-refractivity contribution in [2.24, 2.45) is 0 Å². The summed E-state index contributed by atoms with van der Waals surface area (Å²) in [4.78, 5) is 0.208. The molecular formula is C13H19NO4S2. The number of benzene rings is 1. The van der Waals surface area contributed by atoms with Gasteiger partial charge in [-0.1, -0.05) is 12.1 Å². The average Bonchev–Trinajstić information content (AvgIpc) is 2.76. The molecule has 1 N–H and O–H groups in total. The van der Waals surface area contributed by atoms with Gasteiger partial charge < -0.3 is 5.32 Å². The van der Waals surface area contributed by atoms with E-state index in [-0.39, 0.29) is 10.9 Å². The molecule has 1 saturated carbocycles. The van der Waals surface area contributed by atoms with E-state index in [2.05, 4.69) is 5.32 Å². The number of sulfone groups is 2. The van der Waals surface area contributed by atoms with Crippen LogP contribution in [0, 0.1) is 0 Å². The normalized spacial score (nSPS) is 23.7. The minimum atomic E-state index is -3.34. The van der Waals surface area contributed by atoms with Crippen LogP contribution in [-0.2, 0) is 19.7 Å². The zero-order chi connectivity index (χ0) is 15.0. The highest BCUT2D eigenvalue weighted by molar-refractivity contribution is 7.91. The van der Waals surface area contributed by atoms with Crippen LogP contribution in [0.1, 0.15) is 19.3 Å². The lowest BCUT2D eigenvalue weighted by atomic mass is 10.2. The van der Waals surface area contributed by atoms with E-state index in [4.69, 9.17) is 0 Å². The second-order valence-corrected chi connectivity index (χ2v) is 9.57. The van der Waals surface area contributed by atoms with Crippen molar-refractivity contribution in [2.45, 2.75) is 35.4 Å². The van der Waals surface area contributed by atoms with Crippen molar-refractivity contribution in [1.82, 2.24) is 0 Å². The molecule has 0 spiro atoms. The van der Waals surface area contributed by atoms with Crippen LogP contribution in [0.5, 0.6) is 0 Å². The molecule has 1 aliphatic carbocycles. The SMILES string of the molecule is CS(=O)(=O)c1ccccc1NC1CCCC1S(C)(=O)=O. The van der Waals surface area contributed by atoms with Crippen molar-refractivity contribution in [3.8, 4) is 0 Å². The van der Waals surface area contributed by atoms with E-state index in [0.29, 0.717) is 12.1 Å². The smallest absolute Gasteiger partial charge is 0.177 e. The third-order valence-corrected chi connectivity index (χ3v) is 6.45. The van der Waals surface area contributed by atoms with Gasteiger partial charge in [0.2, 0.25) is 0 Å². The maximum absolute atomic E-state index is 11.8. The molecule has 0 saturated heterocycles. The minimum absolute atomic E-state index is 0.208. The maximum atomic E-state index is 11.8. The third-order valence-electron chi connectivity index (χ3n) is 3.63. The summed E-state index contributed by atoms with van der Waals surface area (Å²) in [7, 11) is -6.47. The van der Waals surface area contributed by atoms with Gasteiger partial charge in [0.05, 0.1) is 15.8 Å². The largest absolute Gasteiger partial charge is 0.380 e. The monoisotopic (exact) mass is 317 g/mol. The summed E-state index contributed by atoms with van der Waals surface area (Å²) < 4.78 is 47.0. The lowest BCUT2D eigenvalue weighted by molar-refractivity contribution is 0.579. The Kier molecular flexibility index (Phi) is 4.11. The molecule has 5 nitrogen and oxygen atoms in total. The Morgan fingerprint density at radius 3 is 2.30 bits per heavy atom. The van der Waals surface area contributed by atoms with Crippen LogP contribution in [0.3, 0.4) is 0 Å². The highest BCUT2D eigenvalue weighted by atomic mass is 32.2. The molecule has 2 rings (SSSR count). The predicted octanol–water partition coefficient (Wildman–Crippen LogP) is 1.47. The fourth-order valence-corrected chi connectivity index (χ4v) is 4.96. The second kappa shape index (κ2) is 5.37. The fourth-order valence-electron chi connectivity index (χ4n) is 2.71. The molecule has 0 radical (unpaired) electrons. The molecule has 2 atom stereocenters. The first-order valence-electron chi connectivity index (χ1n) is 6.44. The van der Waals surface area contributed by atoms with Crippen LogP contribution >= 0.6 is 0 Å². The van der Waals surface area contributed by atoms with Crippen molar-refractivity contribution in [3.63, 3.8) is 0 Å². The molecule has 1 fully saturated rings. The fraction of sp³-hybridized carbons (Fsp3) is 0.538. The van der Waals surface area contributed by atoms with Gasteiger partial charge in [-0.3, -0.25) is 0 Å². The van der Waals surface area contributed by atoms with E-state index in [1.807, 2.05) is 0 Å². The highest BCUT2D eigenvalue weighted by Crippen LogP contribution is 2.30. The zero-order valence-corrected chi connectivity index (χ0v) is 13.2. The molecule has 0 heterocycles. The van der Waals surface area contributed by atoms with Gasteiger partial charge >= 0.3 is 0 Å². The van der Waals surface area contributed by atoms with Crippen LogP contribution < -0.4 is 5.32 Å². The van der Waals surface area contributed by atoms with Crippen molar-refractivity contribution >= 4 is 25.4 Å².